The molecule has 0 radical (unpaired) electrons. The zero-order chi connectivity index (χ0) is 48.0. The van der Waals surface area contributed by atoms with Gasteiger partial charge in [-0.3, -0.25) is 24.5 Å². The number of ether oxygens (including phenoxy) is 2. The number of nitro benzene ring substituents is 1. The Balaban J connectivity index is 1.45. The van der Waals surface area contributed by atoms with Crippen LogP contribution in [0.2, 0.25) is 23.2 Å². The SMILES string of the molecule is C=CCOC(=O)C(N1C(=O)[C@H]([C@H](C)O[Si](C)(C)C(C)(C)C)[C@H]1CC(=O)c1ccc(CC(=O)OC(=O)c2ccc([N+](=O)[O-])cc2)c(Cl)c1)=P(c1ccccc1)(c1ccccc1)c1ccccc1. The van der Waals surface area contributed by atoms with E-state index in [4.69, 9.17) is 25.5 Å². The van der Waals surface area contributed by atoms with Gasteiger partial charge in [-0.1, -0.05) is 148 Å². The number of nitro groups is 1. The third kappa shape index (κ3) is 10.2. The lowest BCUT2D eigenvalue weighted by molar-refractivity contribution is -0.384. The highest BCUT2D eigenvalue weighted by Crippen LogP contribution is 2.51. The van der Waals surface area contributed by atoms with Crippen LogP contribution in [0, 0.1) is 16.0 Å². The van der Waals surface area contributed by atoms with E-state index in [9.17, 15) is 24.5 Å². The second-order valence-corrected chi connectivity index (χ2v) is 25.9. The first-order valence-electron chi connectivity index (χ1n) is 21.3. The summed E-state index contributed by atoms with van der Waals surface area (Å²) in [5, 5.41) is 13.2. The van der Waals surface area contributed by atoms with Gasteiger partial charge in [0.05, 0.1) is 35.0 Å². The lowest BCUT2D eigenvalue weighted by Crippen LogP contribution is -2.69. The maximum Gasteiger partial charge on any atom is 0.356 e. The van der Waals surface area contributed by atoms with Gasteiger partial charge in [0.25, 0.3) is 5.69 Å². The molecule has 12 nitrogen and oxygen atoms in total. The number of halogens is 1. The molecule has 66 heavy (non-hydrogen) atoms. The van der Waals surface area contributed by atoms with Crippen molar-refractivity contribution in [2.75, 3.05) is 6.61 Å². The van der Waals surface area contributed by atoms with Crippen LogP contribution in [-0.2, 0) is 34.7 Å². The van der Waals surface area contributed by atoms with Crippen LogP contribution in [-0.4, -0.2) is 71.9 Å². The van der Waals surface area contributed by atoms with Crippen molar-refractivity contribution >= 4 is 83.4 Å². The number of benzene rings is 5. The first-order chi connectivity index (χ1) is 31.3. The van der Waals surface area contributed by atoms with Crippen LogP contribution >= 0.6 is 18.5 Å². The number of hydrogen-bond donors (Lipinski definition) is 0. The van der Waals surface area contributed by atoms with E-state index in [2.05, 4.69) is 40.4 Å². The monoisotopic (exact) mass is 946 g/mol. The predicted octanol–water partition coefficient (Wildman–Crippen LogP) is 8.84. The normalized spacial score (nSPS) is 15.5. The van der Waals surface area contributed by atoms with Crippen LogP contribution in [0.3, 0.4) is 0 Å². The molecule has 0 bridgehead atoms. The number of β-lactam (4-membered cyclic amide) rings is 1. The molecule has 1 amide bonds. The third-order valence-electron chi connectivity index (χ3n) is 12.2. The molecule has 3 atom stereocenters. The molecular weight excluding hydrogens is 895 g/mol. The zero-order valence-electron chi connectivity index (χ0n) is 37.6. The van der Waals surface area contributed by atoms with Gasteiger partial charge >= 0.3 is 17.9 Å². The molecule has 0 aromatic heterocycles. The van der Waals surface area contributed by atoms with Crippen LogP contribution in [0.1, 0.15) is 60.4 Å². The Labute approximate surface area is 390 Å². The van der Waals surface area contributed by atoms with Gasteiger partial charge in [0.1, 0.15) is 12.0 Å². The Bertz CT molecular complexity index is 2600. The molecule has 5 aromatic rings. The fourth-order valence-electron chi connectivity index (χ4n) is 7.89. The minimum absolute atomic E-state index is 0.0516. The number of amides is 1. The van der Waals surface area contributed by atoms with Crippen molar-refractivity contribution in [3.63, 3.8) is 0 Å². The quantitative estimate of drug-likeness (QED) is 0.0101. The molecular formula is C51H52ClN2O10PSi. The molecule has 0 aliphatic carbocycles. The summed E-state index contributed by atoms with van der Waals surface area (Å²) in [4.78, 5) is 82.3. The minimum atomic E-state index is -3.31. The summed E-state index contributed by atoms with van der Waals surface area (Å²) in [7, 11) is -2.48. The summed E-state index contributed by atoms with van der Waals surface area (Å²) in [5.41, 5.74) is 0.277. The average molecular weight is 947 g/mol. The van der Waals surface area contributed by atoms with E-state index < -0.39 is 68.3 Å². The van der Waals surface area contributed by atoms with E-state index in [-0.39, 0.29) is 56.8 Å². The molecule has 342 valence electrons. The number of hydrogen-bond acceptors (Lipinski definition) is 10. The van der Waals surface area contributed by atoms with Crippen molar-refractivity contribution in [1.82, 2.24) is 4.90 Å². The maximum absolute atomic E-state index is 15.2. The maximum atomic E-state index is 15.2. The summed E-state index contributed by atoms with van der Waals surface area (Å²) in [5.74, 6) is -4.28. The highest BCUT2D eigenvalue weighted by Gasteiger charge is 2.57. The van der Waals surface area contributed by atoms with Crippen molar-refractivity contribution in [3.05, 3.63) is 178 Å². The summed E-state index contributed by atoms with van der Waals surface area (Å²) < 4.78 is 17.8. The highest BCUT2D eigenvalue weighted by atomic mass is 35.5. The van der Waals surface area contributed by atoms with Crippen molar-refractivity contribution < 1.29 is 42.8 Å². The summed E-state index contributed by atoms with van der Waals surface area (Å²) in [6.45, 7) is 12.7. The molecule has 5 aromatic carbocycles. The summed E-state index contributed by atoms with van der Waals surface area (Å²) in [6, 6.07) is 36.8. The Hall–Kier alpha value is -6.24. The number of esters is 3. The Morgan fingerprint density at radius 1 is 0.848 bits per heavy atom. The third-order valence-corrected chi connectivity index (χ3v) is 21.4. The van der Waals surface area contributed by atoms with Gasteiger partial charge in [0.2, 0.25) is 5.91 Å². The molecule has 1 heterocycles. The van der Waals surface area contributed by atoms with Crippen molar-refractivity contribution in [3.8, 4) is 0 Å². The molecule has 0 saturated carbocycles. The molecule has 6 rings (SSSR count). The second-order valence-electron chi connectivity index (χ2n) is 17.4. The Morgan fingerprint density at radius 3 is 1.83 bits per heavy atom. The molecule has 1 fully saturated rings. The van der Waals surface area contributed by atoms with Crippen LogP contribution in [0.25, 0.3) is 0 Å². The molecule has 0 N–H and O–H groups in total. The number of likely N-dealkylation sites (tertiary alicyclic amines) is 1. The van der Waals surface area contributed by atoms with Crippen molar-refractivity contribution in [2.45, 2.75) is 70.8 Å². The van der Waals surface area contributed by atoms with Crippen molar-refractivity contribution in [2.24, 2.45) is 5.92 Å². The number of carbonyl (C=O) groups excluding carboxylic acids is 5. The van der Waals surface area contributed by atoms with Gasteiger partial charge in [-0.05, 0) is 64.7 Å². The fraction of sp³-hybridized carbons (Fsp3) is 0.255. The Kier molecular flexibility index (Phi) is 15.3. The van der Waals surface area contributed by atoms with E-state index in [0.717, 1.165) is 28.0 Å². The molecule has 0 unspecified atom stereocenters. The standard InChI is InChI=1S/C51H52ClN2O10PSi/c1-8-30-62-50(59)48(65(39-18-12-9-13-19-39,40-20-14-10-15-21-40)41-22-16-11-17-23-41)53-43(46(47(53)57)34(2)64-66(6,7)51(3,4)5)33-44(55)37-25-24-36(42(52)31-37)32-45(56)63-49(58)35-26-28-38(29-27-35)54(60)61/h8-29,31,34,43,46H,1,30,32-33H2,2-7H3/t34-,43+,46+/m0/s1. The van der Waals surface area contributed by atoms with Crippen LogP contribution in [0.5, 0.6) is 0 Å². The van der Waals surface area contributed by atoms with E-state index in [0.29, 0.717) is 0 Å². The van der Waals surface area contributed by atoms with Gasteiger partial charge < -0.3 is 18.8 Å². The van der Waals surface area contributed by atoms with Gasteiger partial charge in [-0.15, -0.1) is 0 Å². The van der Waals surface area contributed by atoms with Crippen LogP contribution in [0.4, 0.5) is 5.69 Å². The number of nitrogens with zero attached hydrogens (tertiary/aromatic N) is 2. The first-order valence-corrected chi connectivity index (χ1v) is 26.4. The second kappa shape index (κ2) is 20.5. The summed E-state index contributed by atoms with van der Waals surface area (Å²) >= 11 is 6.70. The number of Topliss-reactive ketones (excluding diaryl/α,β-unsaturated/α-hetero) is 1. The fourth-order valence-corrected chi connectivity index (χ4v) is 14.0. The lowest BCUT2D eigenvalue weighted by Gasteiger charge is -2.53. The van der Waals surface area contributed by atoms with E-state index in [1.54, 1.807) is 0 Å². The molecule has 1 aliphatic heterocycles. The average Bonchev–Trinajstić information content (AvgIpc) is 3.29. The number of carbonyl (C=O) groups is 5. The minimum Gasteiger partial charge on any atom is -0.457 e. The topological polar surface area (TPSA) is 159 Å². The smallest absolute Gasteiger partial charge is 0.356 e. The van der Waals surface area contributed by atoms with Crippen LogP contribution < -0.4 is 15.9 Å². The molecule has 15 heteroatoms. The van der Waals surface area contributed by atoms with Crippen molar-refractivity contribution in [1.29, 1.82) is 0 Å². The zero-order valence-corrected chi connectivity index (χ0v) is 40.3. The lowest BCUT2D eigenvalue weighted by atomic mass is 9.79. The van der Waals surface area contributed by atoms with Gasteiger partial charge in [-0.2, -0.15) is 0 Å². The molecule has 1 aliphatic rings. The van der Waals surface area contributed by atoms with Gasteiger partial charge in [0, 0.05) is 36.0 Å². The van der Waals surface area contributed by atoms with Crippen LogP contribution in [0.15, 0.2) is 146 Å². The van der Waals surface area contributed by atoms with E-state index in [1.807, 2.05) is 97.9 Å². The summed E-state index contributed by atoms with van der Waals surface area (Å²) in [6.07, 6.45) is 0.155. The van der Waals surface area contributed by atoms with Gasteiger partial charge in [-0.25, -0.2) is 9.59 Å². The number of ketones is 1. The van der Waals surface area contributed by atoms with Gasteiger partial charge in [0.15, 0.2) is 14.1 Å². The molecule has 1 saturated heterocycles. The van der Waals surface area contributed by atoms with E-state index >= 15 is 9.59 Å². The number of rotatable bonds is 17. The first kappa shape index (κ1) is 49.2. The Morgan fingerprint density at radius 2 is 1.36 bits per heavy atom. The largest absolute Gasteiger partial charge is 0.457 e. The highest BCUT2D eigenvalue weighted by molar-refractivity contribution is 7.96. The van der Waals surface area contributed by atoms with E-state index in [1.165, 1.54) is 41.3 Å². The predicted molar refractivity (Wildman–Crippen MR) is 261 cm³/mol. The number of non-ortho nitro benzene ring substituents is 1. The molecule has 0 spiro atoms.